The molecule has 3 aromatic heterocycles. The molecule has 57 heteroatoms. The van der Waals surface area contributed by atoms with Crippen molar-refractivity contribution in [3.8, 4) is 23.4 Å². The number of non-ortho nitro benzene ring substituents is 1. The number of methoxy groups -OCH3 is 1. The number of fused-ring (bicyclic) bond motifs is 3. The summed E-state index contributed by atoms with van der Waals surface area (Å²) in [7, 11) is -28.3. The zero-order chi connectivity index (χ0) is 88.2. The van der Waals surface area contributed by atoms with Crippen molar-refractivity contribution in [2.75, 3.05) is 71.1 Å². The van der Waals surface area contributed by atoms with Crippen LogP contribution in [0.25, 0.3) is 16.7 Å². The number of carboxylic acid groups (broad SMARTS) is 2. The zero-order valence-corrected chi connectivity index (χ0v) is 68.3. The number of aryl methyl sites for hydroxylation is 2. The van der Waals surface area contributed by atoms with Gasteiger partial charge in [-0.2, -0.15) is 72.5 Å². The highest BCUT2D eigenvalue weighted by atomic mass is 32.2. The molecule has 0 fully saturated rings. The Morgan fingerprint density at radius 3 is 1.66 bits per heavy atom. The third kappa shape index (κ3) is 28.6. The van der Waals surface area contributed by atoms with Gasteiger partial charge in [-0.3, -0.25) is 46.9 Å². The molecule has 0 aliphatic heterocycles. The molecular weight excluding hydrogens is 1770 g/mol. The quantitative estimate of drug-likeness (QED) is 0.00435. The number of nitrogens with one attached hydrogen (secondary N) is 2. The van der Waals surface area contributed by atoms with Gasteiger partial charge in [0.15, 0.2) is 11.3 Å². The van der Waals surface area contributed by atoms with E-state index in [-0.39, 0.29) is 132 Å². The van der Waals surface area contributed by atoms with E-state index in [1.165, 1.54) is 73.9 Å². The van der Waals surface area contributed by atoms with Crippen molar-refractivity contribution >= 4 is 204 Å². The molecule has 0 amide bonds. The van der Waals surface area contributed by atoms with Gasteiger partial charge in [0.1, 0.15) is 63.9 Å². The molecule has 0 atom stereocenters. The third-order valence-corrected chi connectivity index (χ3v) is 21.5. The van der Waals surface area contributed by atoms with Crippen LogP contribution in [0.4, 0.5) is 80.4 Å². The van der Waals surface area contributed by atoms with Gasteiger partial charge in [0, 0.05) is 45.3 Å². The minimum absolute atomic E-state index is 0.00807. The molecule has 0 spiro atoms. The van der Waals surface area contributed by atoms with Gasteiger partial charge >= 0.3 is 33.2 Å². The van der Waals surface area contributed by atoms with Crippen molar-refractivity contribution in [3.63, 3.8) is 0 Å². The number of pyridine rings is 1. The Kier molecular flexibility index (Phi) is 32.2. The van der Waals surface area contributed by atoms with Gasteiger partial charge in [-0.15, -0.1) is 79.5 Å². The van der Waals surface area contributed by atoms with E-state index in [0.717, 1.165) is 47.8 Å². The van der Waals surface area contributed by atoms with E-state index in [2.05, 4.69) is 77.6 Å². The second-order valence-corrected chi connectivity index (χ2v) is 34.3. The number of thioether (sulfide) groups is 2. The van der Waals surface area contributed by atoms with Crippen LogP contribution < -0.4 is 25.0 Å². The molecule has 10 N–H and O–H groups in total. The highest BCUT2D eigenvalue weighted by Crippen LogP contribution is 2.46. The Morgan fingerprint density at radius 2 is 1.12 bits per heavy atom. The summed E-state index contributed by atoms with van der Waals surface area (Å²) in [6.07, 6.45) is -0.653. The van der Waals surface area contributed by atoms with E-state index in [9.17, 15) is 105 Å². The number of carboxylic acids is 2. The second kappa shape index (κ2) is 40.8. The first kappa shape index (κ1) is 94.0. The normalized spacial score (nSPS) is 12.0. The number of hydrogen-bond donors (Lipinski definition) is 10. The minimum Gasteiger partial charge on any atom is -0.497 e. The number of aromatic hydroxyl groups is 1. The van der Waals surface area contributed by atoms with E-state index in [0.29, 0.717) is 27.7 Å². The van der Waals surface area contributed by atoms with E-state index >= 15 is 0 Å². The Bertz CT molecular complexity index is 6470. The molecule has 3 heterocycles. The lowest BCUT2D eigenvalue weighted by Crippen LogP contribution is -2.36. The van der Waals surface area contributed by atoms with Crippen molar-refractivity contribution in [1.82, 2.24) is 24.3 Å². The van der Waals surface area contributed by atoms with E-state index in [1.807, 2.05) is 0 Å². The van der Waals surface area contributed by atoms with Gasteiger partial charge < -0.3 is 40.3 Å². The number of nitro benzene ring substituents is 1. The molecular formula is C62H60N18O30S9. The first-order chi connectivity index (χ1) is 55.6. The number of ether oxygens (including phenoxy) is 2. The molecule has 9 rings (SSSR count). The number of anilines is 5. The molecule has 119 heavy (non-hydrogen) atoms. The number of hydrogen-bond acceptors (Lipinski definition) is 41. The minimum atomic E-state index is -5.15. The fraction of sp³-hybridized carbons (Fsp3) is 0.242. The van der Waals surface area contributed by atoms with Crippen molar-refractivity contribution in [1.29, 1.82) is 5.26 Å². The van der Waals surface area contributed by atoms with Crippen molar-refractivity contribution in [2.24, 2.45) is 40.9 Å². The molecule has 48 nitrogen and oxygen atoms in total. The predicted octanol–water partition coefficient (Wildman–Crippen LogP) is 10.1. The molecule has 0 aliphatic rings. The number of nitriles is 1. The van der Waals surface area contributed by atoms with Gasteiger partial charge in [-0.1, -0.05) is 6.07 Å². The lowest BCUT2D eigenvalue weighted by atomic mass is 10.1. The number of benzene rings is 6. The van der Waals surface area contributed by atoms with Crippen LogP contribution in [0, 0.1) is 42.2 Å². The molecule has 632 valence electrons. The molecule has 6 aromatic carbocycles. The summed E-state index contributed by atoms with van der Waals surface area (Å²) >= 11 is 1.86. The second-order valence-electron chi connectivity index (χ2n) is 23.7. The lowest BCUT2D eigenvalue weighted by molar-refractivity contribution is -0.385. The predicted molar refractivity (Wildman–Crippen MR) is 418 cm³/mol. The first-order valence-electron chi connectivity index (χ1n) is 32.5. The van der Waals surface area contributed by atoms with Crippen molar-refractivity contribution in [2.45, 2.75) is 59.6 Å². The summed E-state index contributed by atoms with van der Waals surface area (Å²) in [6, 6.07) is 21.8. The number of nitrogens with zero attached hydrogens (tertiary/aromatic N) is 16. The number of aromatic nitrogens is 5. The fourth-order valence-electron chi connectivity index (χ4n) is 9.97. The molecule has 0 saturated carbocycles. The number of azo groups is 4. The number of carbonyl (C=O) groups is 2. The molecule has 0 radical (unpaired) electrons. The smallest absolute Gasteiger partial charge is 0.425 e. The van der Waals surface area contributed by atoms with Crippen molar-refractivity contribution < 1.29 is 129 Å². The van der Waals surface area contributed by atoms with Crippen LogP contribution in [-0.2, 0) is 81.4 Å². The molecule has 0 unspecified atom stereocenters. The Labute approximate surface area is 683 Å². The van der Waals surface area contributed by atoms with Crippen LogP contribution in [0.1, 0.15) is 41.5 Å². The summed E-state index contributed by atoms with van der Waals surface area (Å²) in [5.74, 6) is -7.45. The largest absolute Gasteiger partial charge is 0.497 e. The van der Waals surface area contributed by atoms with E-state index in [4.69, 9.17) is 34.7 Å². The Morgan fingerprint density at radius 1 is 0.605 bits per heavy atom. The van der Waals surface area contributed by atoms with Gasteiger partial charge in [0.25, 0.3) is 56.3 Å². The number of nitro groups is 1. The number of imidazole rings is 1. The summed E-state index contributed by atoms with van der Waals surface area (Å²) in [5, 5.41) is 94.4. The first-order valence-corrected chi connectivity index (χ1v) is 44.1. The van der Waals surface area contributed by atoms with Crippen LogP contribution in [0.2, 0.25) is 0 Å². The molecule has 0 bridgehead atoms. The van der Waals surface area contributed by atoms with Crippen LogP contribution in [-0.4, -0.2) is 202 Å². The number of rotatable bonds is 36. The third-order valence-electron chi connectivity index (χ3n) is 15.1. The average Bonchev–Trinajstić information content (AvgIpc) is 1.60. The van der Waals surface area contributed by atoms with Gasteiger partial charge in [-0.05, 0) is 129 Å². The molecule has 0 saturated heterocycles. The maximum Gasteiger partial charge on any atom is 0.425 e. The van der Waals surface area contributed by atoms with E-state index in [1.54, 1.807) is 25.1 Å². The summed E-state index contributed by atoms with van der Waals surface area (Å²) < 4.78 is 233. The summed E-state index contributed by atoms with van der Waals surface area (Å²) in [4.78, 5) is 52.0. The van der Waals surface area contributed by atoms with Crippen LogP contribution >= 0.6 is 23.5 Å². The zero-order valence-electron chi connectivity index (χ0n) is 60.9. The monoisotopic (exact) mass is 1820 g/mol. The topological polar surface area (TPSA) is 737 Å². The van der Waals surface area contributed by atoms with Gasteiger partial charge in [0.2, 0.25) is 23.7 Å². The van der Waals surface area contributed by atoms with Gasteiger partial charge in [0.05, 0.1) is 74.6 Å². The maximum atomic E-state index is 12.4. The van der Waals surface area contributed by atoms with Crippen molar-refractivity contribution in [3.05, 3.63) is 129 Å². The summed E-state index contributed by atoms with van der Waals surface area (Å²) in [5.41, 5.74) is -0.837. The van der Waals surface area contributed by atoms with Crippen LogP contribution in [0.5, 0.6) is 17.4 Å². The Balaban J connectivity index is 0.00000233. The average molecular weight is 1830 g/mol. The SMILES string of the molecule is COc1ccc2c(c1)nc1c(C#N)c(C)c(N=Nc3cc(C)c(N=Nc4cc(Nc5nc(Nc6cccc(S(=O)(=O)O)c6)nc(N(CC(=O)O)CC(=O)O)n5)c(N=Nc5cc(C)c(N=Nc6ccc([N+](=O)[O-])cc6S(=O)(=O)O)cc5SCCCS(=O)(=O)O)cc4SCCCS(=O)(=O)O)cc3OCCCS(=O)(=O)O)c(O)n12.O=S(=O)=O.O=S(=O)=O. The van der Waals surface area contributed by atoms with Crippen LogP contribution in [0.15, 0.2) is 158 Å². The number of aliphatic carboxylic acids is 2. The molecule has 9 aromatic rings. The maximum absolute atomic E-state index is 12.4. The highest BCUT2D eigenvalue weighted by Gasteiger charge is 2.26. The lowest BCUT2D eigenvalue weighted by Gasteiger charge is -2.20. The Hall–Kier alpha value is -12.2. The van der Waals surface area contributed by atoms with Gasteiger partial charge in [-0.25, -0.2) is 4.98 Å². The fourth-order valence-corrected chi connectivity index (χ4v) is 14.9. The highest BCUT2D eigenvalue weighted by molar-refractivity contribution is 7.99. The summed E-state index contributed by atoms with van der Waals surface area (Å²) in [6.45, 7) is 2.03. The van der Waals surface area contributed by atoms with Crippen LogP contribution in [0.3, 0.4) is 0 Å². The molecule has 0 aliphatic carbocycles. The standard InChI is InChI=1S/C62H60N18O24S7.2O3S/c1-33-21-47(74-77-57-35(3)40(30-63)58-65-46-25-38(103-4)12-14-50(46)79(58)59(57)85)51(104-15-6-18-107(88,89)90)27-42(33)71-76-49-26-44(66-61-67-60(64-36-9-5-10-39(23-36)110(97,98)99)68-62(69-61)78(31-55(81)82)32-56(83)84)45(29-53(49)106-17-8-20-109(94,95)96)73-75-48-22-34(2)43(28-52(48)105-16-7-19-108(91,92)93)72-70-41-13-11-37(80(86)87)24-54(41)111(100,101)102;2*1-4(2)3/h5,9-14,21-29,85H,6-8,15-20,31-32H2,1-4H3,(H,81,82)(H,83,84)(H,88,89,90)(H,91,92,93)(H,94,95,96)(H,97,98,99)(H,100,101,102)(H2,64,66,67,68,69);;. The van der Waals surface area contributed by atoms with E-state index < -0.39 is 164 Å².